The Bertz CT molecular complexity index is 494. The van der Waals surface area contributed by atoms with Crippen molar-refractivity contribution in [3.8, 4) is 0 Å². The highest BCUT2D eigenvalue weighted by Crippen LogP contribution is 2.39. The van der Waals surface area contributed by atoms with Gasteiger partial charge in [0.1, 0.15) is 5.00 Å². The molecular weight excluding hydrogens is 375 g/mol. The van der Waals surface area contributed by atoms with Crippen LogP contribution in [-0.2, 0) is 17.7 Å². The van der Waals surface area contributed by atoms with Gasteiger partial charge in [-0.3, -0.25) is 4.90 Å². The Kier molecular flexibility index (Phi) is 4.42. The standard InChI is InChI=1S/C13H19IN2O2S/c1-13(2,3)16-6-5-8-9(7-16)19-11(15-14)10(8)12(17)18-4/h15H,5-7H2,1-4H3. The first-order valence-corrected chi connectivity index (χ1v) is 8.12. The molecule has 0 saturated heterocycles. The molecule has 1 aromatic rings. The number of carbonyl (C=O) groups is 1. The van der Waals surface area contributed by atoms with Crippen molar-refractivity contribution in [1.29, 1.82) is 0 Å². The van der Waals surface area contributed by atoms with E-state index in [1.807, 2.05) is 0 Å². The quantitative estimate of drug-likeness (QED) is 0.474. The van der Waals surface area contributed by atoms with Crippen molar-refractivity contribution < 1.29 is 9.53 Å². The highest BCUT2D eigenvalue weighted by atomic mass is 127. The average Bonchev–Trinajstić information content (AvgIpc) is 2.74. The summed E-state index contributed by atoms with van der Waals surface area (Å²) in [5.74, 6) is -0.235. The van der Waals surface area contributed by atoms with Gasteiger partial charge in [0.15, 0.2) is 0 Å². The van der Waals surface area contributed by atoms with Crippen molar-refractivity contribution in [1.82, 2.24) is 4.90 Å². The number of esters is 1. The number of anilines is 1. The van der Waals surface area contributed by atoms with E-state index < -0.39 is 0 Å². The molecule has 0 aromatic carbocycles. The number of fused-ring (bicyclic) bond motifs is 1. The van der Waals surface area contributed by atoms with Crippen LogP contribution in [0.25, 0.3) is 0 Å². The Balaban J connectivity index is 2.38. The molecule has 2 rings (SSSR count). The fourth-order valence-corrected chi connectivity index (χ4v) is 4.10. The van der Waals surface area contributed by atoms with E-state index in [0.717, 1.165) is 35.6 Å². The number of hydrogen-bond donors (Lipinski definition) is 1. The molecule has 0 radical (unpaired) electrons. The molecule has 0 spiro atoms. The van der Waals surface area contributed by atoms with Crippen LogP contribution in [0.2, 0.25) is 0 Å². The van der Waals surface area contributed by atoms with Crippen molar-refractivity contribution >= 4 is 45.2 Å². The number of ether oxygens (including phenoxy) is 1. The minimum Gasteiger partial charge on any atom is -0.465 e. The maximum atomic E-state index is 11.9. The van der Waals surface area contributed by atoms with Crippen LogP contribution in [0.1, 0.15) is 41.6 Å². The molecule has 0 unspecified atom stereocenters. The molecule has 1 aliphatic rings. The molecule has 0 atom stereocenters. The first-order valence-electron chi connectivity index (χ1n) is 6.23. The molecule has 1 aliphatic heterocycles. The minimum absolute atomic E-state index is 0.158. The third-order valence-electron chi connectivity index (χ3n) is 3.48. The second-order valence-electron chi connectivity index (χ2n) is 5.64. The van der Waals surface area contributed by atoms with Gasteiger partial charge in [-0.25, -0.2) is 4.79 Å². The molecule has 0 fully saturated rings. The molecule has 0 bridgehead atoms. The van der Waals surface area contributed by atoms with Crippen LogP contribution in [-0.4, -0.2) is 30.1 Å². The highest BCUT2D eigenvalue weighted by Gasteiger charge is 2.31. The molecular formula is C13H19IN2O2S. The van der Waals surface area contributed by atoms with Gasteiger partial charge in [-0.05, 0) is 32.8 Å². The largest absolute Gasteiger partial charge is 0.465 e. The molecule has 0 aliphatic carbocycles. The van der Waals surface area contributed by atoms with E-state index >= 15 is 0 Å². The Labute approximate surface area is 132 Å². The Morgan fingerprint density at radius 3 is 2.68 bits per heavy atom. The van der Waals surface area contributed by atoms with Crippen molar-refractivity contribution in [2.45, 2.75) is 39.3 Å². The SMILES string of the molecule is COC(=O)c1c(NI)sc2c1CCN(C(C)(C)C)C2. The molecule has 1 N–H and O–H groups in total. The molecule has 4 nitrogen and oxygen atoms in total. The maximum Gasteiger partial charge on any atom is 0.341 e. The second-order valence-corrected chi connectivity index (χ2v) is 7.28. The lowest BCUT2D eigenvalue weighted by atomic mass is 9.98. The van der Waals surface area contributed by atoms with Gasteiger partial charge in [-0.1, -0.05) is 0 Å². The third kappa shape index (κ3) is 2.90. The van der Waals surface area contributed by atoms with Gasteiger partial charge in [-0.15, -0.1) is 11.3 Å². The molecule has 0 amide bonds. The summed E-state index contributed by atoms with van der Waals surface area (Å²) in [7, 11) is 1.44. The Morgan fingerprint density at radius 1 is 1.47 bits per heavy atom. The number of hydrogen-bond acceptors (Lipinski definition) is 5. The number of rotatable bonds is 2. The summed E-state index contributed by atoms with van der Waals surface area (Å²) in [5, 5.41) is 0.910. The number of methoxy groups -OCH3 is 1. The van der Waals surface area contributed by atoms with Gasteiger partial charge in [0.25, 0.3) is 0 Å². The van der Waals surface area contributed by atoms with Gasteiger partial charge < -0.3 is 8.27 Å². The van der Waals surface area contributed by atoms with Crippen molar-refractivity contribution in [2.75, 3.05) is 17.2 Å². The summed E-state index contributed by atoms with van der Waals surface area (Å²) in [4.78, 5) is 15.7. The maximum absolute atomic E-state index is 11.9. The lowest BCUT2D eigenvalue weighted by Crippen LogP contribution is -2.44. The van der Waals surface area contributed by atoms with Gasteiger partial charge in [0.2, 0.25) is 0 Å². The van der Waals surface area contributed by atoms with Gasteiger partial charge in [0, 0.05) is 23.5 Å². The van der Waals surface area contributed by atoms with Crippen LogP contribution in [0, 0.1) is 0 Å². The van der Waals surface area contributed by atoms with Gasteiger partial charge in [-0.2, -0.15) is 0 Å². The molecule has 6 heteroatoms. The summed E-state index contributed by atoms with van der Waals surface area (Å²) in [6.07, 6.45) is 0.909. The van der Waals surface area contributed by atoms with Crippen LogP contribution < -0.4 is 3.53 Å². The van der Waals surface area contributed by atoms with E-state index in [9.17, 15) is 4.79 Å². The molecule has 1 aromatic heterocycles. The summed E-state index contributed by atoms with van der Waals surface area (Å²) in [5.41, 5.74) is 2.05. The molecule has 2 heterocycles. The summed E-state index contributed by atoms with van der Waals surface area (Å²) in [6, 6.07) is 0. The zero-order valence-corrected chi connectivity index (χ0v) is 14.6. The molecule has 0 saturated carbocycles. The number of halogens is 1. The van der Waals surface area contributed by atoms with Crippen LogP contribution in [0.4, 0.5) is 5.00 Å². The van der Waals surface area contributed by atoms with Crippen LogP contribution in [0.15, 0.2) is 0 Å². The highest BCUT2D eigenvalue weighted by molar-refractivity contribution is 14.1. The van der Waals surface area contributed by atoms with Gasteiger partial charge >= 0.3 is 5.97 Å². The van der Waals surface area contributed by atoms with E-state index in [2.05, 4.69) is 52.1 Å². The first kappa shape index (κ1) is 15.1. The number of thiophene rings is 1. The predicted octanol–water partition coefficient (Wildman–Crippen LogP) is 3.45. The number of carbonyl (C=O) groups excluding carboxylic acids is 1. The topological polar surface area (TPSA) is 41.6 Å². The monoisotopic (exact) mass is 394 g/mol. The fraction of sp³-hybridized carbons (Fsp3) is 0.615. The predicted molar refractivity (Wildman–Crippen MR) is 87.2 cm³/mol. The second kappa shape index (κ2) is 5.57. The zero-order valence-electron chi connectivity index (χ0n) is 11.7. The van der Waals surface area contributed by atoms with Crippen molar-refractivity contribution in [3.05, 3.63) is 16.0 Å². The molecule has 19 heavy (non-hydrogen) atoms. The Hall–Kier alpha value is -0.340. The van der Waals surface area contributed by atoms with E-state index in [1.54, 1.807) is 11.3 Å². The summed E-state index contributed by atoms with van der Waals surface area (Å²) in [6.45, 7) is 8.57. The average molecular weight is 394 g/mol. The van der Waals surface area contributed by atoms with Crippen molar-refractivity contribution in [2.24, 2.45) is 0 Å². The summed E-state index contributed by atoms with van der Waals surface area (Å²) >= 11 is 3.74. The van der Waals surface area contributed by atoms with Gasteiger partial charge in [0.05, 0.1) is 35.5 Å². The summed E-state index contributed by atoms with van der Waals surface area (Å²) < 4.78 is 8.00. The lowest BCUT2D eigenvalue weighted by Gasteiger charge is -2.38. The van der Waals surface area contributed by atoms with E-state index in [-0.39, 0.29) is 11.5 Å². The van der Waals surface area contributed by atoms with Crippen LogP contribution in [0.5, 0.6) is 0 Å². The number of nitrogens with zero attached hydrogens (tertiary/aromatic N) is 1. The Morgan fingerprint density at radius 2 is 2.16 bits per heavy atom. The zero-order chi connectivity index (χ0) is 14.2. The molecule has 106 valence electrons. The van der Waals surface area contributed by atoms with Crippen LogP contribution >= 0.6 is 34.2 Å². The van der Waals surface area contributed by atoms with E-state index in [1.165, 1.54) is 12.0 Å². The third-order valence-corrected chi connectivity index (χ3v) is 5.52. The van der Waals surface area contributed by atoms with E-state index in [4.69, 9.17) is 4.74 Å². The normalized spacial score (nSPS) is 16.1. The first-order chi connectivity index (χ1) is 8.88. The fourth-order valence-electron chi connectivity index (χ4n) is 2.36. The lowest BCUT2D eigenvalue weighted by molar-refractivity contribution is 0.0599. The van der Waals surface area contributed by atoms with Crippen molar-refractivity contribution in [3.63, 3.8) is 0 Å². The van der Waals surface area contributed by atoms with Crippen LogP contribution in [0.3, 0.4) is 0 Å². The minimum atomic E-state index is -0.235. The van der Waals surface area contributed by atoms with E-state index in [0.29, 0.717) is 0 Å². The number of nitrogens with one attached hydrogen (secondary N) is 1. The smallest absolute Gasteiger partial charge is 0.341 e.